The van der Waals surface area contributed by atoms with Crippen LogP contribution in [0.1, 0.15) is 45.4 Å². The molecule has 2 rings (SSSR count). The van der Waals surface area contributed by atoms with Crippen molar-refractivity contribution in [1.82, 2.24) is 0 Å². The molecule has 0 radical (unpaired) electrons. The molecule has 13 heavy (non-hydrogen) atoms. The number of carbonyl (C=O) groups is 1. The topological polar surface area (TPSA) is 26.3 Å². The van der Waals surface area contributed by atoms with Gasteiger partial charge in [-0.1, -0.05) is 26.2 Å². The Kier molecular flexibility index (Phi) is 2.56. The molecule has 0 aromatic carbocycles. The fourth-order valence-electron chi connectivity index (χ4n) is 2.55. The van der Waals surface area contributed by atoms with Gasteiger partial charge in [-0.05, 0) is 25.2 Å². The smallest absolute Gasteiger partial charge is 0.309 e. The SMILES string of the molecule is C[C@H]1C[C@H](C2CCCCC2)OC1=O. The number of rotatable bonds is 1. The number of cyclic esters (lactones) is 1. The van der Waals surface area contributed by atoms with Crippen LogP contribution in [0.25, 0.3) is 0 Å². The lowest BCUT2D eigenvalue weighted by atomic mass is 9.83. The van der Waals surface area contributed by atoms with Gasteiger partial charge in [0.05, 0.1) is 5.92 Å². The zero-order valence-electron chi connectivity index (χ0n) is 8.29. The molecule has 2 fully saturated rings. The Bertz CT molecular complexity index is 194. The summed E-state index contributed by atoms with van der Waals surface area (Å²) in [6.45, 7) is 1.98. The lowest BCUT2D eigenvalue weighted by molar-refractivity contribution is -0.145. The highest BCUT2D eigenvalue weighted by molar-refractivity contribution is 5.74. The van der Waals surface area contributed by atoms with Crippen LogP contribution in [0.15, 0.2) is 0 Å². The molecular formula is C11H18O2. The average molecular weight is 182 g/mol. The summed E-state index contributed by atoms with van der Waals surface area (Å²) in [4.78, 5) is 11.2. The van der Waals surface area contributed by atoms with E-state index in [9.17, 15) is 4.79 Å². The first-order chi connectivity index (χ1) is 6.27. The molecule has 1 saturated heterocycles. The van der Waals surface area contributed by atoms with Gasteiger partial charge in [-0.3, -0.25) is 4.79 Å². The number of hydrogen-bond donors (Lipinski definition) is 0. The third kappa shape index (κ3) is 1.87. The van der Waals surface area contributed by atoms with E-state index in [1.807, 2.05) is 6.92 Å². The van der Waals surface area contributed by atoms with E-state index in [2.05, 4.69) is 0 Å². The Balaban J connectivity index is 1.90. The highest BCUT2D eigenvalue weighted by Crippen LogP contribution is 2.34. The van der Waals surface area contributed by atoms with Crippen LogP contribution in [0.2, 0.25) is 0 Å². The molecule has 0 spiro atoms. The van der Waals surface area contributed by atoms with Crippen LogP contribution in [0.5, 0.6) is 0 Å². The van der Waals surface area contributed by atoms with Crippen molar-refractivity contribution in [1.29, 1.82) is 0 Å². The molecule has 2 aliphatic rings. The zero-order valence-corrected chi connectivity index (χ0v) is 8.29. The average Bonchev–Trinajstić information content (AvgIpc) is 2.49. The minimum atomic E-state index is 0.0237. The molecule has 0 unspecified atom stereocenters. The second kappa shape index (κ2) is 3.69. The fraction of sp³-hybridized carbons (Fsp3) is 0.909. The van der Waals surface area contributed by atoms with Crippen molar-refractivity contribution in [2.45, 2.75) is 51.6 Å². The molecule has 0 bridgehead atoms. The molecule has 2 atom stereocenters. The molecule has 1 aliphatic carbocycles. The molecule has 0 aromatic rings. The van der Waals surface area contributed by atoms with Crippen LogP contribution < -0.4 is 0 Å². The van der Waals surface area contributed by atoms with E-state index in [0.29, 0.717) is 5.92 Å². The van der Waals surface area contributed by atoms with Crippen LogP contribution in [-0.2, 0) is 9.53 Å². The van der Waals surface area contributed by atoms with E-state index in [1.165, 1.54) is 32.1 Å². The summed E-state index contributed by atoms with van der Waals surface area (Å²) in [5.41, 5.74) is 0. The van der Waals surface area contributed by atoms with Gasteiger partial charge in [0.2, 0.25) is 0 Å². The van der Waals surface area contributed by atoms with Crippen molar-refractivity contribution >= 4 is 5.97 Å². The number of hydrogen-bond acceptors (Lipinski definition) is 2. The minimum Gasteiger partial charge on any atom is -0.462 e. The van der Waals surface area contributed by atoms with Crippen molar-refractivity contribution in [3.63, 3.8) is 0 Å². The van der Waals surface area contributed by atoms with Gasteiger partial charge in [0.15, 0.2) is 0 Å². The monoisotopic (exact) mass is 182 g/mol. The third-order valence-electron chi connectivity index (χ3n) is 3.43. The first-order valence-electron chi connectivity index (χ1n) is 5.48. The Morgan fingerprint density at radius 1 is 1.23 bits per heavy atom. The molecule has 74 valence electrons. The second-order valence-electron chi connectivity index (χ2n) is 4.51. The number of carbonyl (C=O) groups excluding carboxylic acids is 1. The fourth-order valence-corrected chi connectivity index (χ4v) is 2.55. The molecule has 2 heteroatoms. The van der Waals surface area contributed by atoms with Crippen molar-refractivity contribution in [3.05, 3.63) is 0 Å². The van der Waals surface area contributed by atoms with Gasteiger partial charge < -0.3 is 4.74 Å². The summed E-state index contributed by atoms with van der Waals surface area (Å²) in [6.07, 6.45) is 7.77. The van der Waals surface area contributed by atoms with Gasteiger partial charge in [0, 0.05) is 0 Å². The van der Waals surface area contributed by atoms with Crippen molar-refractivity contribution < 1.29 is 9.53 Å². The van der Waals surface area contributed by atoms with E-state index >= 15 is 0 Å². The first-order valence-corrected chi connectivity index (χ1v) is 5.48. The van der Waals surface area contributed by atoms with E-state index in [-0.39, 0.29) is 18.0 Å². The van der Waals surface area contributed by atoms with E-state index in [0.717, 1.165) is 6.42 Å². The quantitative estimate of drug-likeness (QED) is 0.582. The van der Waals surface area contributed by atoms with Gasteiger partial charge in [0.1, 0.15) is 6.10 Å². The molecule has 1 heterocycles. The summed E-state index contributed by atoms with van der Waals surface area (Å²) in [5, 5.41) is 0. The molecule has 1 aliphatic heterocycles. The summed E-state index contributed by atoms with van der Waals surface area (Å²) in [5.74, 6) is 0.838. The van der Waals surface area contributed by atoms with Crippen LogP contribution in [0.3, 0.4) is 0 Å². The standard InChI is InChI=1S/C11H18O2/c1-8-7-10(13-11(8)12)9-5-3-2-4-6-9/h8-10H,2-7H2,1H3/t8-,10+/m0/s1. The Morgan fingerprint density at radius 3 is 2.46 bits per heavy atom. The first kappa shape index (κ1) is 9.04. The highest BCUT2D eigenvalue weighted by Gasteiger charge is 2.36. The van der Waals surface area contributed by atoms with Crippen molar-refractivity contribution in [3.8, 4) is 0 Å². The predicted molar refractivity (Wildman–Crippen MR) is 50.2 cm³/mol. The molecule has 0 N–H and O–H groups in total. The van der Waals surface area contributed by atoms with Gasteiger partial charge in [-0.2, -0.15) is 0 Å². The molecular weight excluding hydrogens is 164 g/mol. The van der Waals surface area contributed by atoms with Crippen molar-refractivity contribution in [2.24, 2.45) is 11.8 Å². The van der Waals surface area contributed by atoms with Crippen LogP contribution in [-0.4, -0.2) is 12.1 Å². The molecule has 1 saturated carbocycles. The summed E-state index contributed by atoms with van der Waals surface area (Å²) >= 11 is 0. The van der Waals surface area contributed by atoms with Crippen LogP contribution >= 0.6 is 0 Å². The minimum absolute atomic E-state index is 0.0237. The van der Waals surface area contributed by atoms with Crippen molar-refractivity contribution in [2.75, 3.05) is 0 Å². The second-order valence-corrected chi connectivity index (χ2v) is 4.51. The molecule has 0 amide bonds. The Hall–Kier alpha value is -0.530. The number of ether oxygens (including phenoxy) is 1. The molecule has 2 nitrogen and oxygen atoms in total. The normalized spacial score (nSPS) is 36.2. The van der Waals surface area contributed by atoms with Gasteiger partial charge in [-0.15, -0.1) is 0 Å². The summed E-state index contributed by atoms with van der Waals surface area (Å²) in [6, 6.07) is 0. The Morgan fingerprint density at radius 2 is 1.92 bits per heavy atom. The summed E-state index contributed by atoms with van der Waals surface area (Å²) < 4.78 is 5.37. The maximum atomic E-state index is 11.2. The summed E-state index contributed by atoms with van der Waals surface area (Å²) in [7, 11) is 0. The van der Waals surface area contributed by atoms with Gasteiger partial charge in [-0.25, -0.2) is 0 Å². The lowest BCUT2D eigenvalue weighted by Gasteiger charge is -2.25. The van der Waals surface area contributed by atoms with E-state index < -0.39 is 0 Å². The predicted octanol–water partition coefficient (Wildman–Crippen LogP) is 2.52. The van der Waals surface area contributed by atoms with Gasteiger partial charge >= 0.3 is 5.97 Å². The maximum absolute atomic E-state index is 11.2. The largest absolute Gasteiger partial charge is 0.462 e. The lowest BCUT2D eigenvalue weighted by Crippen LogP contribution is -2.22. The maximum Gasteiger partial charge on any atom is 0.309 e. The van der Waals surface area contributed by atoms with E-state index in [1.54, 1.807) is 0 Å². The van der Waals surface area contributed by atoms with Crippen LogP contribution in [0.4, 0.5) is 0 Å². The zero-order chi connectivity index (χ0) is 9.26. The number of esters is 1. The molecule has 0 aromatic heterocycles. The Labute approximate surface area is 79.7 Å². The highest BCUT2D eigenvalue weighted by atomic mass is 16.6. The van der Waals surface area contributed by atoms with E-state index in [4.69, 9.17) is 4.74 Å². The van der Waals surface area contributed by atoms with Crippen LogP contribution in [0, 0.1) is 11.8 Å². The third-order valence-corrected chi connectivity index (χ3v) is 3.43. The van der Waals surface area contributed by atoms with Gasteiger partial charge in [0.25, 0.3) is 0 Å².